The van der Waals surface area contributed by atoms with Crippen molar-refractivity contribution in [2.75, 3.05) is 0 Å². The Hall–Kier alpha value is -0.521. The second kappa shape index (κ2) is 3.93. The van der Waals surface area contributed by atoms with Gasteiger partial charge in [0.1, 0.15) is 0 Å². The molecule has 0 spiro atoms. The van der Waals surface area contributed by atoms with E-state index in [1.54, 1.807) is 0 Å². The smallest absolute Gasteiger partial charge is 0 e. The van der Waals surface area contributed by atoms with Crippen molar-refractivity contribution < 1.29 is 17.1 Å². The van der Waals surface area contributed by atoms with Crippen molar-refractivity contribution in [1.82, 2.24) is 0 Å². The van der Waals surface area contributed by atoms with Crippen molar-refractivity contribution in [3.8, 4) is 0 Å². The van der Waals surface area contributed by atoms with Gasteiger partial charge >= 0.3 is 0 Å². The molecule has 0 heterocycles. The third-order valence-corrected chi connectivity index (χ3v) is 2.19. The Morgan fingerprint density at radius 3 is 2.75 bits per heavy atom. The summed E-state index contributed by atoms with van der Waals surface area (Å²) in [5.74, 6) is 0. The normalized spacial score (nSPS) is 19.9. The molecule has 1 heteroatoms. The molecular weight excluding hydrogens is 188 g/mol. The first-order chi connectivity index (χ1) is 5.38. The van der Waals surface area contributed by atoms with Gasteiger partial charge in [-0.05, 0) is 6.42 Å². The molecular formula is C11H11Fe-. The summed E-state index contributed by atoms with van der Waals surface area (Å²) in [5.41, 5.74) is 4.18. The van der Waals surface area contributed by atoms with Crippen molar-refractivity contribution in [3.05, 3.63) is 47.1 Å². The van der Waals surface area contributed by atoms with E-state index in [9.17, 15) is 0 Å². The summed E-state index contributed by atoms with van der Waals surface area (Å²) in [7, 11) is 0. The zero-order valence-electron chi connectivity index (χ0n) is 7.08. The summed E-state index contributed by atoms with van der Waals surface area (Å²) in [6, 6.07) is 0. The maximum atomic E-state index is 3.30. The molecule has 0 aliphatic heterocycles. The average molecular weight is 199 g/mol. The van der Waals surface area contributed by atoms with E-state index in [0.717, 1.165) is 12.8 Å². The summed E-state index contributed by atoms with van der Waals surface area (Å²) in [5, 5.41) is 0. The summed E-state index contributed by atoms with van der Waals surface area (Å²) in [4.78, 5) is 0. The zero-order valence-corrected chi connectivity index (χ0v) is 8.18. The minimum absolute atomic E-state index is 0. The van der Waals surface area contributed by atoms with E-state index < -0.39 is 0 Å². The van der Waals surface area contributed by atoms with Crippen LogP contribution in [0.4, 0.5) is 0 Å². The second-order valence-electron chi connectivity index (χ2n) is 2.95. The van der Waals surface area contributed by atoms with Gasteiger partial charge in [-0.15, -0.1) is 12.0 Å². The summed E-state index contributed by atoms with van der Waals surface area (Å²) >= 11 is 0. The van der Waals surface area contributed by atoms with Crippen LogP contribution in [0.15, 0.2) is 41.0 Å². The molecule has 2 rings (SSSR count). The van der Waals surface area contributed by atoms with Gasteiger partial charge in [-0.1, -0.05) is 25.2 Å². The predicted molar refractivity (Wildman–Crippen MR) is 47.0 cm³/mol. The minimum atomic E-state index is 0. The van der Waals surface area contributed by atoms with E-state index in [2.05, 4.69) is 37.3 Å². The van der Waals surface area contributed by atoms with Gasteiger partial charge in [0, 0.05) is 17.1 Å². The Morgan fingerprint density at radius 1 is 1.42 bits per heavy atom. The molecule has 0 saturated heterocycles. The van der Waals surface area contributed by atoms with Gasteiger partial charge in [-0.2, -0.15) is 11.6 Å². The summed E-state index contributed by atoms with van der Waals surface area (Å²) in [6.45, 7) is 2.14. The molecule has 0 saturated carbocycles. The van der Waals surface area contributed by atoms with Crippen molar-refractivity contribution in [3.63, 3.8) is 0 Å². The largest absolute Gasteiger partial charge is 0.269 e. The van der Waals surface area contributed by atoms with Gasteiger partial charge in [0.05, 0.1) is 0 Å². The van der Waals surface area contributed by atoms with E-state index in [-0.39, 0.29) is 17.1 Å². The molecule has 0 amide bonds. The molecule has 0 radical (unpaired) electrons. The summed E-state index contributed by atoms with van der Waals surface area (Å²) in [6.07, 6.45) is 14.2. The standard InChI is InChI=1S/C11H11.Fe/c1-9-5-4-8-11(9)10-6-2-3-7-10;/h2-3,6,8H,4,7H2,1H3;/q-1;. The first-order valence-corrected chi connectivity index (χ1v) is 4.02. The fourth-order valence-electron chi connectivity index (χ4n) is 1.57. The van der Waals surface area contributed by atoms with Crippen molar-refractivity contribution in [2.24, 2.45) is 0 Å². The quantitative estimate of drug-likeness (QED) is 0.449. The van der Waals surface area contributed by atoms with Crippen LogP contribution in [-0.4, -0.2) is 0 Å². The molecule has 0 aromatic carbocycles. The van der Waals surface area contributed by atoms with Crippen LogP contribution >= 0.6 is 0 Å². The number of allylic oxidation sites excluding steroid dienone is 8. The van der Waals surface area contributed by atoms with E-state index in [1.165, 1.54) is 16.7 Å². The van der Waals surface area contributed by atoms with Gasteiger partial charge in [0.2, 0.25) is 0 Å². The van der Waals surface area contributed by atoms with Gasteiger partial charge in [0.25, 0.3) is 0 Å². The van der Waals surface area contributed by atoms with E-state index in [0.29, 0.717) is 0 Å². The average Bonchev–Trinajstić information content (AvgIpc) is 2.55. The van der Waals surface area contributed by atoms with E-state index in [1.807, 2.05) is 0 Å². The van der Waals surface area contributed by atoms with Crippen molar-refractivity contribution >= 4 is 0 Å². The molecule has 64 valence electrons. The van der Waals surface area contributed by atoms with Crippen molar-refractivity contribution in [2.45, 2.75) is 19.8 Å². The van der Waals surface area contributed by atoms with Crippen LogP contribution in [0.3, 0.4) is 0 Å². The fraction of sp³-hybridized carbons (Fsp3) is 0.273. The Balaban J connectivity index is 0.000000720. The van der Waals surface area contributed by atoms with E-state index >= 15 is 0 Å². The predicted octanol–water partition coefficient (Wildman–Crippen LogP) is 2.95. The molecule has 0 unspecified atom stereocenters. The van der Waals surface area contributed by atoms with Crippen LogP contribution in [0.2, 0.25) is 0 Å². The van der Waals surface area contributed by atoms with Gasteiger partial charge < -0.3 is 0 Å². The van der Waals surface area contributed by atoms with E-state index in [4.69, 9.17) is 0 Å². The molecule has 2 aliphatic carbocycles. The molecule has 2 aliphatic rings. The SMILES string of the molecule is CC1=[C-]CC=C1C1=CC=CC1.[Fe]. The first-order valence-electron chi connectivity index (χ1n) is 4.02. The Kier molecular flexibility index (Phi) is 3.13. The molecule has 0 bridgehead atoms. The summed E-state index contributed by atoms with van der Waals surface area (Å²) < 4.78 is 0. The third-order valence-electron chi connectivity index (χ3n) is 2.19. The van der Waals surface area contributed by atoms with Crippen LogP contribution in [0, 0.1) is 6.08 Å². The third kappa shape index (κ3) is 1.63. The fourth-order valence-corrected chi connectivity index (χ4v) is 1.57. The van der Waals surface area contributed by atoms with Crippen LogP contribution in [0.25, 0.3) is 0 Å². The van der Waals surface area contributed by atoms with Crippen LogP contribution in [-0.2, 0) is 17.1 Å². The number of rotatable bonds is 1. The molecule has 12 heavy (non-hydrogen) atoms. The Bertz CT molecular complexity index is 290. The van der Waals surface area contributed by atoms with Gasteiger partial charge in [-0.3, -0.25) is 6.08 Å². The molecule has 0 nitrogen and oxygen atoms in total. The maximum Gasteiger partial charge on any atom is 0 e. The van der Waals surface area contributed by atoms with Crippen LogP contribution in [0.5, 0.6) is 0 Å². The first kappa shape index (κ1) is 9.57. The number of hydrogen-bond donors (Lipinski definition) is 0. The topological polar surface area (TPSA) is 0 Å². The monoisotopic (exact) mass is 199 g/mol. The van der Waals surface area contributed by atoms with Gasteiger partial charge in [0.15, 0.2) is 0 Å². The van der Waals surface area contributed by atoms with Crippen molar-refractivity contribution in [1.29, 1.82) is 0 Å². The van der Waals surface area contributed by atoms with Gasteiger partial charge in [-0.25, -0.2) is 5.57 Å². The number of hydrogen-bond acceptors (Lipinski definition) is 0. The molecule has 0 fully saturated rings. The molecule has 0 aromatic rings. The maximum absolute atomic E-state index is 3.30. The zero-order chi connectivity index (χ0) is 7.68. The Morgan fingerprint density at radius 2 is 2.25 bits per heavy atom. The molecule has 0 N–H and O–H groups in total. The van der Waals surface area contributed by atoms with Crippen LogP contribution in [0.1, 0.15) is 19.8 Å². The second-order valence-corrected chi connectivity index (χ2v) is 2.95. The molecule has 0 atom stereocenters. The van der Waals surface area contributed by atoms with Crippen LogP contribution < -0.4 is 0 Å². The minimum Gasteiger partial charge on any atom is -0.269 e. The Labute approximate surface area is 84.2 Å². The molecule has 0 aromatic heterocycles.